The maximum Gasteiger partial charge on any atom is 0.295 e. The van der Waals surface area contributed by atoms with Crippen LogP contribution in [0.4, 0.5) is 10.4 Å². The van der Waals surface area contributed by atoms with Gasteiger partial charge in [-0.1, -0.05) is 0 Å². The van der Waals surface area contributed by atoms with Crippen LogP contribution in [0.5, 0.6) is 0 Å². The number of halogens is 1. The Balaban J connectivity index is 1.87. The third-order valence-electron chi connectivity index (χ3n) is 2.90. The molecule has 1 aromatic carbocycles. The quantitative estimate of drug-likeness (QED) is 0.814. The fourth-order valence-electron chi connectivity index (χ4n) is 1.77. The number of hydrogen-bond donors (Lipinski definition) is 2. The fraction of sp³-hybridized carbons (Fsp3) is 0.364. The van der Waals surface area contributed by atoms with Gasteiger partial charge in [-0.25, -0.2) is 4.39 Å². The number of benzene rings is 1. The van der Waals surface area contributed by atoms with Crippen molar-refractivity contribution in [1.29, 1.82) is 0 Å². The summed E-state index contributed by atoms with van der Waals surface area (Å²) in [6.45, 7) is 0. The number of anilines is 1. The largest absolute Gasteiger partial charge is 0.424 e. The van der Waals surface area contributed by atoms with Crippen molar-refractivity contribution in [2.75, 3.05) is 5.32 Å². The topological polar surface area (TPSA) is 58.3 Å². The first-order valence-corrected chi connectivity index (χ1v) is 5.23. The molecule has 1 aliphatic rings. The number of oxazole rings is 1. The summed E-state index contributed by atoms with van der Waals surface area (Å²) in [6.07, 6.45) is 1.35. The van der Waals surface area contributed by atoms with Gasteiger partial charge in [0.05, 0.1) is 12.1 Å². The highest BCUT2D eigenvalue weighted by Gasteiger charge is 2.29. The second-order valence-electron chi connectivity index (χ2n) is 4.03. The Morgan fingerprint density at radius 2 is 2.31 bits per heavy atom. The molecule has 0 amide bonds. The van der Waals surface area contributed by atoms with E-state index < -0.39 is 0 Å². The summed E-state index contributed by atoms with van der Waals surface area (Å²) in [6, 6.07) is 4.53. The van der Waals surface area contributed by atoms with Crippen LogP contribution >= 0.6 is 0 Å². The fourth-order valence-corrected chi connectivity index (χ4v) is 1.77. The van der Waals surface area contributed by atoms with E-state index >= 15 is 0 Å². The van der Waals surface area contributed by atoms with Crippen LogP contribution in [0.15, 0.2) is 22.6 Å². The molecule has 16 heavy (non-hydrogen) atoms. The minimum atomic E-state index is -0.341. The van der Waals surface area contributed by atoms with Gasteiger partial charge in [0.25, 0.3) is 6.01 Å². The lowest BCUT2D eigenvalue weighted by atomic mass is 9.89. The molecule has 2 N–H and O–H groups in total. The molecule has 0 radical (unpaired) electrons. The highest BCUT2D eigenvalue weighted by molar-refractivity contribution is 5.74. The van der Waals surface area contributed by atoms with E-state index in [0.29, 0.717) is 17.1 Å². The maximum atomic E-state index is 12.9. The molecule has 1 heterocycles. The van der Waals surface area contributed by atoms with Crippen molar-refractivity contribution in [3.05, 3.63) is 24.0 Å². The Hall–Kier alpha value is -1.62. The van der Waals surface area contributed by atoms with Crippen molar-refractivity contribution in [3.63, 3.8) is 0 Å². The lowest BCUT2D eigenvalue weighted by molar-refractivity contribution is 0.0775. The normalized spacial score (nSPS) is 24.4. The van der Waals surface area contributed by atoms with Crippen molar-refractivity contribution in [3.8, 4) is 0 Å². The van der Waals surface area contributed by atoms with Crippen LogP contribution in [0.2, 0.25) is 0 Å². The SMILES string of the molecule is O[C@@H]1CC[C@H]1Nc1nc2cc(F)ccc2o1. The molecule has 84 valence electrons. The molecular formula is C11H11FN2O2. The molecule has 0 spiro atoms. The van der Waals surface area contributed by atoms with E-state index in [-0.39, 0.29) is 18.0 Å². The van der Waals surface area contributed by atoms with Crippen molar-refractivity contribution in [2.45, 2.75) is 25.0 Å². The molecule has 4 nitrogen and oxygen atoms in total. The predicted molar refractivity (Wildman–Crippen MR) is 56.6 cm³/mol. The number of fused-ring (bicyclic) bond motifs is 1. The highest BCUT2D eigenvalue weighted by atomic mass is 19.1. The van der Waals surface area contributed by atoms with Gasteiger partial charge in [0.2, 0.25) is 0 Å². The molecule has 5 heteroatoms. The van der Waals surface area contributed by atoms with Crippen molar-refractivity contribution >= 4 is 17.1 Å². The third kappa shape index (κ3) is 1.53. The first-order valence-electron chi connectivity index (χ1n) is 5.23. The number of aliphatic hydroxyl groups excluding tert-OH is 1. The molecule has 2 aromatic rings. The summed E-state index contributed by atoms with van der Waals surface area (Å²) >= 11 is 0. The summed E-state index contributed by atoms with van der Waals surface area (Å²) in [4.78, 5) is 4.10. The summed E-state index contributed by atoms with van der Waals surface area (Å²) < 4.78 is 18.3. The second-order valence-corrected chi connectivity index (χ2v) is 4.03. The zero-order valence-electron chi connectivity index (χ0n) is 8.48. The molecule has 1 aromatic heterocycles. The first-order chi connectivity index (χ1) is 7.72. The van der Waals surface area contributed by atoms with Gasteiger partial charge in [0.1, 0.15) is 11.3 Å². The Kier molecular flexibility index (Phi) is 2.07. The zero-order chi connectivity index (χ0) is 11.1. The molecule has 1 saturated carbocycles. The smallest absolute Gasteiger partial charge is 0.295 e. The van der Waals surface area contributed by atoms with Crippen molar-refractivity contribution in [1.82, 2.24) is 4.98 Å². The van der Waals surface area contributed by atoms with Crippen LogP contribution in [0.25, 0.3) is 11.1 Å². The van der Waals surface area contributed by atoms with Crippen LogP contribution in [0, 0.1) is 5.82 Å². The van der Waals surface area contributed by atoms with Gasteiger partial charge >= 0.3 is 0 Å². The summed E-state index contributed by atoms with van der Waals surface area (Å²) in [5.74, 6) is -0.337. The Morgan fingerprint density at radius 1 is 1.44 bits per heavy atom. The monoisotopic (exact) mass is 222 g/mol. The zero-order valence-corrected chi connectivity index (χ0v) is 8.48. The molecule has 1 aliphatic carbocycles. The van der Waals surface area contributed by atoms with E-state index in [9.17, 15) is 9.50 Å². The van der Waals surface area contributed by atoms with Gasteiger partial charge in [-0.2, -0.15) is 4.98 Å². The van der Waals surface area contributed by atoms with Gasteiger partial charge < -0.3 is 14.8 Å². The van der Waals surface area contributed by atoms with Gasteiger partial charge in [-0.15, -0.1) is 0 Å². The van der Waals surface area contributed by atoms with Gasteiger partial charge in [-0.3, -0.25) is 0 Å². The summed E-state index contributed by atoms with van der Waals surface area (Å²) in [5.41, 5.74) is 1.02. The highest BCUT2D eigenvalue weighted by Crippen LogP contribution is 2.26. The second kappa shape index (κ2) is 3.45. The summed E-state index contributed by atoms with van der Waals surface area (Å²) in [5, 5.41) is 12.4. The van der Waals surface area contributed by atoms with Crippen LogP contribution in [0.3, 0.4) is 0 Å². The van der Waals surface area contributed by atoms with E-state index in [1.807, 2.05) is 0 Å². The first kappa shape index (κ1) is 9.59. The minimum Gasteiger partial charge on any atom is -0.424 e. The maximum absolute atomic E-state index is 12.9. The Labute approximate surface area is 91.1 Å². The predicted octanol–water partition coefficient (Wildman–Crippen LogP) is 1.90. The Morgan fingerprint density at radius 3 is 3.00 bits per heavy atom. The van der Waals surface area contributed by atoms with E-state index in [2.05, 4.69) is 10.3 Å². The van der Waals surface area contributed by atoms with E-state index in [1.54, 1.807) is 6.07 Å². The van der Waals surface area contributed by atoms with Crippen molar-refractivity contribution in [2.24, 2.45) is 0 Å². The van der Waals surface area contributed by atoms with Crippen LogP contribution in [-0.2, 0) is 0 Å². The van der Waals surface area contributed by atoms with Crippen LogP contribution in [0.1, 0.15) is 12.8 Å². The Bertz CT molecular complexity index is 526. The molecule has 1 fully saturated rings. The minimum absolute atomic E-state index is 0.00194. The lowest BCUT2D eigenvalue weighted by Crippen LogP contribution is -2.42. The lowest BCUT2D eigenvalue weighted by Gasteiger charge is -2.32. The van der Waals surface area contributed by atoms with Crippen LogP contribution < -0.4 is 5.32 Å². The van der Waals surface area contributed by atoms with Crippen molar-refractivity contribution < 1.29 is 13.9 Å². The van der Waals surface area contributed by atoms with E-state index in [4.69, 9.17) is 4.42 Å². The van der Waals surface area contributed by atoms with E-state index in [0.717, 1.165) is 12.8 Å². The molecule has 0 bridgehead atoms. The van der Waals surface area contributed by atoms with E-state index in [1.165, 1.54) is 12.1 Å². The standard InChI is InChI=1S/C11H11FN2O2/c12-6-1-4-10-8(5-6)14-11(16-10)13-7-2-3-9(7)15/h1,4-5,7,9,15H,2-3H2,(H,13,14)/t7-,9-/m1/s1. The average molecular weight is 222 g/mol. The number of hydrogen-bond acceptors (Lipinski definition) is 4. The summed E-state index contributed by atoms with van der Waals surface area (Å²) in [7, 11) is 0. The molecule has 0 saturated heterocycles. The number of nitrogens with zero attached hydrogens (tertiary/aromatic N) is 1. The number of aromatic nitrogens is 1. The molecule has 3 rings (SSSR count). The molecule has 0 aliphatic heterocycles. The number of nitrogens with one attached hydrogen (secondary N) is 1. The molecular weight excluding hydrogens is 211 g/mol. The van der Waals surface area contributed by atoms with Gasteiger partial charge in [-0.05, 0) is 25.0 Å². The van der Waals surface area contributed by atoms with Gasteiger partial charge in [0.15, 0.2) is 5.58 Å². The molecule has 2 atom stereocenters. The number of rotatable bonds is 2. The molecule has 0 unspecified atom stereocenters. The van der Waals surface area contributed by atoms with Gasteiger partial charge in [0, 0.05) is 6.07 Å². The van der Waals surface area contributed by atoms with Crippen LogP contribution in [-0.4, -0.2) is 22.2 Å². The number of aliphatic hydroxyl groups is 1. The third-order valence-corrected chi connectivity index (χ3v) is 2.90. The average Bonchev–Trinajstić information content (AvgIpc) is 2.65.